The van der Waals surface area contributed by atoms with Crippen LogP contribution in [0.15, 0.2) is 48.5 Å². The van der Waals surface area contributed by atoms with Crippen molar-refractivity contribution in [2.24, 2.45) is 0 Å². The van der Waals surface area contributed by atoms with E-state index in [1.165, 1.54) is 0 Å². The topological polar surface area (TPSA) is 56.9 Å². The van der Waals surface area contributed by atoms with E-state index in [-0.39, 0.29) is 0 Å². The Morgan fingerprint density at radius 2 is 1.84 bits per heavy atom. The summed E-state index contributed by atoms with van der Waals surface area (Å²) in [5, 5.41) is 11.4. The van der Waals surface area contributed by atoms with Crippen molar-refractivity contribution in [2.45, 2.75) is 20.0 Å². The largest absolute Gasteiger partial charge is 0.377 e. The van der Waals surface area contributed by atoms with Gasteiger partial charge in [0.25, 0.3) is 0 Å². The Kier molecular flexibility index (Phi) is 5.14. The van der Waals surface area contributed by atoms with Crippen LogP contribution in [0.2, 0.25) is 0 Å². The molecular formula is C20H25N5. The second kappa shape index (κ2) is 7.49. The molecule has 0 amide bonds. The van der Waals surface area contributed by atoms with Crippen LogP contribution in [-0.4, -0.2) is 40.8 Å². The third-order valence-electron chi connectivity index (χ3n) is 4.27. The molecule has 1 aromatic heterocycles. The zero-order chi connectivity index (χ0) is 17.8. The van der Waals surface area contributed by atoms with Crippen LogP contribution in [0, 0.1) is 5.41 Å². The van der Waals surface area contributed by atoms with Gasteiger partial charge >= 0.3 is 0 Å². The molecule has 0 aliphatic heterocycles. The molecule has 0 saturated carbocycles. The third kappa shape index (κ3) is 3.88. The maximum Gasteiger partial charge on any atom is 0.129 e. The lowest BCUT2D eigenvalue weighted by Crippen LogP contribution is -2.20. The lowest BCUT2D eigenvalue weighted by Gasteiger charge is -2.15. The normalized spacial score (nSPS) is 11.2. The van der Waals surface area contributed by atoms with Crippen LogP contribution in [-0.2, 0) is 13.1 Å². The predicted molar refractivity (Wildman–Crippen MR) is 105 cm³/mol. The first-order valence-corrected chi connectivity index (χ1v) is 8.53. The molecule has 0 saturated heterocycles. The second-order valence-electron chi connectivity index (χ2n) is 6.50. The Labute approximate surface area is 148 Å². The molecule has 0 bridgehead atoms. The highest BCUT2D eigenvalue weighted by molar-refractivity contribution is 6.01. The van der Waals surface area contributed by atoms with E-state index < -0.39 is 0 Å². The molecule has 25 heavy (non-hydrogen) atoms. The molecule has 0 fully saturated rings. The zero-order valence-corrected chi connectivity index (χ0v) is 15.1. The van der Waals surface area contributed by atoms with Crippen molar-refractivity contribution >= 4 is 22.4 Å². The van der Waals surface area contributed by atoms with Crippen molar-refractivity contribution in [1.82, 2.24) is 14.5 Å². The van der Waals surface area contributed by atoms with Crippen LogP contribution >= 0.6 is 0 Å². The highest BCUT2D eigenvalue weighted by Crippen LogP contribution is 2.19. The number of nitrogens with one attached hydrogen (secondary N) is 2. The average molecular weight is 335 g/mol. The number of rotatable bonds is 7. The fourth-order valence-corrected chi connectivity index (χ4v) is 2.95. The molecule has 0 aliphatic carbocycles. The van der Waals surface area contributed by atoms with Crippen LogP contribution in [0.25, 0.3) is 11.0 Å². The highest BCUT2D eigenvalue weighted by atomic mass is 15.1. The van der Waals surface area contributed by atoms with Crippen LogP contribution in [0.4, 0.5) is 5.69 Å². The quantitative estimate of drug-likeness (QED) is 0.649. The standard InChI is InChI=1S/C20H25N5/c1-15(21)16-8-4-5-9-17(16)22-14-20-23-18-10-6-7-11-19(18)25(20)13-12-24(2)3/h4-11,21-22H,12-14H2,1-3H3. The fraction of sp³-hybridized carbons (Fsp3) is 0.300. The Morgan fingerprint density at radius 1 is 1.12 bits per heavy atom. The molecule has 0 radical (unpaired) electrons. The van der Waals surface area contributed by atoms with Gasteiger partial charge in [0, 0.05) is 30.1 Å². The molecule has 3 rings (SSSR count). The van der Waals surface area contributed by atoms with Crippen molar-refractivity contribution in [3.05, 3.63) is 59.9 Å². The molecular weight excluding hydrogens is 310 g/mol. The van der Waals surface area contributed by atoms with Crippen LogP contribution in [0.5, 0.6) is 0 Å². The van der Waals surface area contributed by atoms with E-state index in [1.807, 2.05) is 37.3 Å². The van der Waals surface area contributed by atoms with Gasteiger partial charge in [-0.15, -0.1) is 0 Å². The van der Waals surface area contributed by atoms with Gasteiger partial charge in [-0.2, -0.15) is 0 Å². The minimum absolute atomic E-state index is 0.559. The van der Waals surface area contributed by atoms with Crippen LogP contribution < -0.4 is 5.32 Å². The van der Waals surface area contributed by atoms with Gasteiger partial charge in [-0.1, -0.05) is 30.3 Å². The minimum Gasteiger partial charge on any atom is -0.377 e. The summed E-state index contributed by atoms with van der Waals surface area (Å²) < 4.78 is 2.28. The van der Waals surface area contributed by atoms with Gasteiger partial charge in [-0.05, 0) is 39.2 Å². The first-order valence-electron chi connectivity index (χ1n) is 8.53. The summed E-state index contributed by atoms with van der Waals surface area (Å²) in [5.41, 5.74) is 4.65. The Balaban J connectivity index is 1.88. The lowest BCUT2D eigenvalue weighted by atomic mass is 10.1. The van der Waals surface area contributed by atoms with Gasteiger partial charge in [0.05, 0.1) is 17.6 Å². The Bertz CT molecular complexity index is 879. The molecule has 2 aromatic carbocycles. The van der Waals surface area contributed by atoms with Crippen molar-refractivity contribution in [2.75, 3.05) is 26.0 Å². The van der Waals surface area contributed by atoms with E-state index in [0.29, 0.717) is 12.3 Å². The summed E-state index contributed by atoms with van der Waals surface area (Å²) in [6.45, 7) is 4.30. The molecule has 0 atom stereocenters. The summed E-state index contributed by atoms with van der Waals surface area (Å²) in [5.74, 6) is 1.01. The average Bonchev–Trinajstić information content (AvgIpc) is 2.95. The fourth-order valence-electron chi connectivity index (χ4n) is 2.95. The number of hydrogen-bond donors (Lipinski definition) is 2. The Hall–Kier alpha value is -2.66. The number of benzene rings is 2. The van der Waals surface area contributed by atoms with Gasteiger partial charge in [0.15, 0.2) is 0 Å². The molecule has 0 spiro atoms. The van der Waals surface area contributed by atoms with E-state index >= 15 is 0 Å². The van der Waals surface area contributed by atoms with Gasteiger partial charge in [-0.25, -0.2) is 4.98 Å². The van der Waals surface area contributed by atoms with E-state index in [0.717, 1.165) is 41.2 Å². The smallest absolute Gasteiger partial charge is 0.129 e. The molecule has 5 nitrogen and oxygen atoms in total. The number of likely N-dealkylation sites (N-methyl/N-ethyl adjacent to an activating group) is 1. The van der Waals surface area contributed by atoms with Crippen molar-refractivity contribution in [3.8, 4) is 0 Å². The molecule has 0 aliphatic rings. The summed E-state index contributed by atoms with van der Waals surface area (Å²) in [4.78, 5) is 6.99. The second-order valence-corrected chi connectivity index (χ2v) is 6.50. The number of anilines is 1. The van der Waals surface area contributed by atoms with Crippen molar-refractivity contribution in [1.29, 1.82) is 5.41 Å². The molecule has 1 heterocycles. The number of hydrogen-bond acceptors (Lipinski definition) is 4. The minimum atomic E-state index is 0.559. The van der Waals surface area contributed by atoms with Gasteiger partial charge < -0.3 is 20.2 Å². The lowest BCUT2D eigenvalue weighted by molar-refractivity contribution is 0.383. The number of para-hydroxylation sites is 3. The van der Waals surface area contributed by atoms with E-state index in [1.54, 1.807) is 0 Å². The van der Waals surface area contributed by atoms with Gasteiger partial charge in [0.1, 0.15) is 5.82 Å². The van der Waals surface area contributed by atoms with Gasteiger partial charge in [0.2, 0.25) is 0 Å². The SMILES string of the molecule is CC(=N)c1ccccc1NCc1nc2ccccc2n1CCN(C)C. The van der Waals surface area contributed by atoms with Gasteiger partial charge in [-0.3, -0.25) is 0 Å². The first-order chi connectivity index (χ1) is 12.1. The van der Waals surface area contributed by atoms with Crippen LogP contribution in [0.3, 0.4) is 0 Å². The zero-order valence-electron chi connectivity index (χ0n) is 15.1. The summed E-state index contributed by atoms with van der Waals surface area (Å²) in [6.07, 6.45) is 0. The molecule has 0 unspecified atom stereocenters. The number of nitrogens with zero attached hydrogens (tertiary/aromatic N) is 3. The summed E-state index contributed by atoms with van der Waals surface area (Å²) in [6, 6.07) is 16.2. The monoisotopic (exact) mass is 335 g/mol. The summed E-state index contributed by atoms with van der Waals surface area (Å²) >= 11 is 0. The number of imidazole rings is 1. The molecule has 5 heteroatoms. The van der Waals surface area contributed by atoms with E-state index in [2.05, 4.69) is 47.1 Å². The third-order valence-corrected chi connectivity index (χ3v) is 4.27. The van der Waals surface area contributed by atoms with Crippen molar-refractivity contribution in [3.63, 3.8) is 0 Å². The number of aromatic nitrogens is 2. The molecule has 3 aromatic rings. The van der Waals surface area contributed by atoms with E-state index in [9.17, 15) is 0 Å². The Morgan fingerprint density at radius 3 is 2.60 bits per heavy atom. The maximum atomic E-state index is 7.94. The van der Waals surface area contributed by atoms with E-state index in [4.69, 9.17) is 10.4 Å². The summed E-state index contributed by atoms with van der Waals surface area (Å²) in [7, 11) is 4.17. The predicted octanol–water partition coefficient (Wildman–Crippen LogP) is 3.60. The molecule has 130 valence electrons. The highest BCUT2D eigenvalue weighted by Gasteiger charge is 2.11. The molecule has 2 N–H and O–H groups in total. The van der Waals surface area contributed by atoms with Crippen LogP contribution in [0.1, 0.15) is 18.3 Å². The number of fused-ring (bicyclic) bond motifs is 1. The first kappa shape index (κ1) is 17.2. The maximum absolute atomic E-state index is 7.94. The van der Waals surface area contributed by atoms with Crippen molar-refractivity contribution < 1.29 is 0 Å².